The number of β-amino-alcohol motifs (C(OH)–C–C–N with tert-alkyl or cyclic N) is 1. The van der Waals surface area contributed by atoms with E-state index in [2.05, 4.69) is 14.8 Å². The van der Waals surface area contributed by atoms with Gasteiger partial charge in [-0.25, -0.2) is 0 Å². The van der Waals surface area contributed by atoms with Crippen LogP contribution >= 0.6 is 11.6 Å². The van der Waals surface area contributed by atoms with Crippen molar-refractivity contribution in [1.82, 2.24) is 9.88 Å². The minimum atomic E-state index is -0.449. The van der Waals surface area contributed by atoms with Crippen LogP contribution < -0.4 is 4.90 Å². The van der Waals surface area contributed by atoms with Crippen LogP contribution in [0.25, 0.3) is 0 Å². The third kappa shape index (κ3) is 5.39. The third-order valence-electron chi connectivity index (χ3n) is 3.64. The van der Waals surface area contributed by atoms with E-state index >= 15 is 0 Å². The number of hydrogen-bond donors (Lipinski definition) is 1. The van der Waals surface area contributed by atoms with Crippen molar-refractivity contribution in [2.75, 3.05) is 44.2 Å². The van der Waals surface area contributed by atoms with Gasteiger partial charge < -0.3 is 14.7 Å². The first-order chi connectivity index (χ1) is 10.3. The highest BCUT2D eigenvalue weighted by molar-refractivity contribution is 6.33. The Morgan fingerprint density at radius 3 is 2.59 bits per heavy atom. The molecule has 6 heteroatoms. The molecule has 1 aliphatic heterocycles. The van der Waals surface area contributed by atoms with Crippen molar-refractivity contribution in [2.24, 2.45) is 0 Å². The second kappa shape index (κ2) is 7.59. The van der Waals surface area contributed by atoms with Crippen LogP contribution in [-0.4, -0.2) is 66.0 Å². The molecule has 0 aliphatic carbocycles. The van der Waals surface area contributed by atoms with Crippen LogP contribution in [0.15, 0.2) is 18.5 Å². The van der Waals surface area contributed by atoms with Crippen molar-refractivity contribution >= 4 is 17.3 Å². The molecular weight excluding hydrogens is 302 g/mol. The Bertz CT molecular complexity index is 471. The fourth-order valence-corrected chi connectivity index (χ4v) is 2.73. The molecule has 0 amide bonds. The van der Waals surface area contributed by atoms with Crippen molar-refractivity contribution in [1.29, 1.82) is 0 Å². The van der Waals surface area contributed by atoms with Crippen molar-refractivity contribution in [3.8, 4) is 0 Å². The van der Waals surface area contributed by atoms with E-state index < -0.39 is 6.10 Å². The number of pyridine rings is 1. The molecule has 1 N–H and O–H groups in total. The molecule has 0 saturated carbocycles. The highest BCUT2D eigenvalue weighted by Gasteiger charge is 2.21. The highest BCUT2D eigenvalue weighted by Crippen LogP contribution is 2.25. The molecule has 124 valence electrons. The molecule has 2 heterocycles. The van der Waals surface area contributed by atoms with E-state index in [1.165, 1.54) is 0 Å². The number of piperazine rings is 1. The normalized spacial score (nSPS) is 18.5. The molecule has 0 bridgehead atoms. The van der Waals surface area contributed by atoms with Gasteiger partial charge in [0.2, 0.25) is 0 Å². The van der Waals surface area contributed by atoms with Gasteiger partial charge >= 0.3 is 0 Å². The first-order valence-corrected chi connectivity index (χ1v) is 8.12. The van der Waals surface area contributed by atoms with Crippen LogP contribution in [0.5, 0.6) is 0 Å². The molecule has 1 saturated heterocycles. The zero-order valence-corrected chi connectivity index (χ0v) is 14.4. The molecule has 22 heavy (non-hydrogen) atoms. The molecule has 2 rings (SSSR count). The lowest BCUT2D eigenvalue weighted by Crippen LogP contribution is -2.49. The minimum Gasteiger partial charge on any atom is -0.389 e. The van der Waals surface area contributed by atoms with E-state index in [4.69, 9.17) is 16.3 Å². The Kier molecular flexibility index (Phi) is 6.03. The highest BCUT2D eigenvalue weighted by atomic mass is 35.5. The van der Waals surface area contributed by atoms with Crippen LogP contribution in [0, 0.1) is 0 Å². The first kappa shape index (κ1) is 17.5. The summed E-state index contributed by atoms with van der Waals surface area (Å²) in [6.45, 7) is 10.6. The predicted molar refractivity (Wildman–Crippen MR) is 89.6 cm³/mol. The van der Waals surface area contributed by atoms with Gasteiger partial charge in [0.05, 0.1) is 29.0 Å². The number of aliphatic hydroxyl groups is 1. The lowest BCUT2D eigenvalue weighted by atomic mass is 10.2. The molecule has 1 fully saturated rings. The minimum absolute atomic E-state index is 0.211. The number of aromatic nitrogens is 1. The number of hydrogen-bond acceptors (Lipinski definition) is 5. The summed E-state index contributed by atoms with van der Waals surface area (Å²) in [5.41, 5.74) is 0.825. The molecule has 1 aliphatic rings. The summed E-state index contributed by atoms with van der Waals surface area (Å²) in [7, 11) is 0. The summed E-state index contributed by atoms with van der Waals surface area (Å²) in [6.07, 6.45) is 2.99. The average Bonchev–Trinajstić information content (AvgIpc) is 2.46. The van der Waals surface area contributed by atoms with Crippen molar-refractivity contribution in [2.45, 2.75) is 32.5 Å². The largest absolute Gasteiger partial charge is 0.389 e. The number of rotatable bonds is 5. The Labute approximate surface area is 137 Å². The van der Waals surface area contributed by atoms with Gasteiger partial charge in [-0.05, 0) is 26.8 Å². The van der Waals surface area contributed by atoms with Gasteiger partial charge in [0, 0.05) is 45.1 Å². The van der Waals surface area contributed by atoms with Gasteiger partial charge in [0.1, 0.15) is 0 Å². The van der Waals surface area contributed by atoms with E-state index in [0.717, 1.165) is 31.9 Å². The van der Waals surface area contributed by atoms with Crippen LogP contribution in [0.2, 0.25) is 5.02 Å². The zero-order valence-electron chi connectivity index (χ0n) is 13.6. The van der Waals surface area contributed by atoms with E-state index in [0.29, 0.717) is 18.2 Å². The van der Waals surface area contributed by atoms with Crippen LogP contribution in [0.1, 0.15) is 20.8 Å². The van der Waals surface area contributed by atoms with Gasteiger partial charge in [-0.1, -0.05) is 11.6 Å². The molecule has 0 radical (unpaired) electrons. The third-order valence-corrected chi connectivity index (χ3v) is 3.93. The van der Waals surface area contributed by atoms with Crippen molar-refractivity contribution in [3.63, 3.8) is 0 Å². The summed E-state index contributed by atoms with van der Waals surface area (Å²) in [4.78, 5) is 8.55. The number of aliphatic hydroxyl groups excluding tert-OH is 1. The SMILES string of the molecule is CC(C)(C)OC[C@H](O)CN1CCN(c2ccncc2Cl)CC1. The van der Waals surface area contributed by atoms with E-state index in [9.17, 15) is 5.11 Å². The lowest BCUT2D eigenvalue weighted by Gasteiger charge is -2.37. The lowest BCUT2D eigenvalue weighted by molar-refractivity contribution is -0.0563. The molecule has 0 spiro atoms. The summed E-state index contributed by atoms with van der Waals surface area (Å²) >= 11 is 6.19. The maximum absolute atomic E-state index is 10.1. The van der Waals surface area contributed by atoms with Crippen LogP contribution in [0.3, 0.4) is 0 Å². The van der Waals surface area contributed by atoms with E-state index in [1.54, 1.807) is 12.4 Å². The van der Waals surface area contributed by atoms with E-state index in [1.807, 2.05) is 26.8 Å². The second-order valence-electron chi connectivity index (χ2n) is 6.69. The zero-order chi connectivity index (χ0) is 16.2. The number of nitrogens with zero attached hydrogens (tertiary/aromatic N) is 3. The molecule has 0 unspecified atom stereocenters. The van der Waals surface area contributed by atoms with Gasteiger partial charge in [0.15, 0.2) is 0 Å². The van der Waals surface area contributed by atoms with Gasteiger partial charge in [-0.3, -0.25) is 9.88 Å². The quantitative estimate of drug-likeness (QED) is 0.896. The molecule has 1 atom stereocenters. The summed E-state index contributed by atoms with van der Waals surface area (Å²) < 4.78 is 5.63. The topological polar surface area (TPSA) is 48.8 Å². The van der Waals surface area contributed by atoms with Crippen LogP contribution in [-0.2, 0) is 4.74 Å². The molecule has 0 aromatic carbocycles. The number of ether oxygens (including phenoxy) is 1. The van der Waals surface area contributed by atoms with Crippen molar-refractivity contribution in [3.05, 3.63) is 23.5 Å². The monoisotopic (exact) mass is 327 g/mol. The van der Waals surface area contributed by atoms with Crippen molar-refractivity contribution < 1.29 is 9.84 Å². The summed E-state index contributed by atoms with van der Waals surface area (Å²) in [6, 6.07) is 1.95. The predicted octanol–water partition coefficient (Wildman–Crippen LogP) is 2.03. The van der Waals surface area contributed by atoms with Gasteiger partial charge in [-0.2, -0.15) is 0 Å². The Morgan fingerprint density at radius 1 is 1.32 bits per heavy atom. The van der Waals surface area contributed by atoms with E-state index in [-0.39, 0.29) is 5.60 Å². The standard InChI is InChI=1S/C16H26ClN3O2/c1-16(2,3)22-12-13(21)11-19-6-8-20(9-7-19)15-4-5-18-10-14(15)17/h4-5,10,13,21H,6-9,11-12H2,1-3H3/t13-/m1/s1. The number of halogens is 1. The van der Waals surface area contributed by atoms with Gasteiger partial charge in [0.25, 0.3) is 0 Å². The fourth-order valence-electron chi connectivity index (χ4n) is 2.49. The molecule has 5 nitrogen and oxygen atoms in total. The van der Waals surface area contributed by atoms with Crippen LogP contribution in [0.4, 0.5) is 5.69 Å². The molecule has 1 aromatic rings. The maximum Gasteiger partial charge on any atom is 0.0900 e. The molecular formula is C16H26ClN3O2. The first-order valence-electron chi connectivity index (χ1n) is 7.74. The van der Waals surface area contributed by atoms with Gasteiger partial charge in [-0.15, -0.1) is 0 Å². The number of anilines is 1. The molecule has 1 aromatic heterocycles. The Balaban J connectivity index is 1.77. The second-order valence-corrected chi connectivity index (χ2v) is 7.10. The fraction of sp³-hybridized carbons (Fsp3) is 0.688. The Hall–Kier alpha value is -0.880. The summed E-state index contributed by atoms with van der Waals surface area (Å²) in [5.74, 6) is 0. The average molecular weight is 328 g/mol. The summed E-state index contributed by atoms with van der Waals surface area (Å²) in [5, 5.41) is 10.8. The smallest absolute Gasteiger partial charge is 0.0900 e. The maximum atomic E-state index is 10.1. The Morgan fingerprint density at radius 2 is 2.00 bits per heavy atom.